The second-order valence-corrected chi connectivity index (χ2v) is 7.51. The summed E-state index contributed by atoms with van der Waals surface area (Å²) < 4.78 is 0. The van der Waals surface area contributed by atoms with Gasteiger partial charge in [0.1, 0.15) is 0 Å². The van der Waals surface area contributed by atoms with Gasteiger partial charge in [-0.25, -0.2) is 0 Å². The van der Waals surface area contributed by atoms with Crippen molar-refractivity contribution in [1.29, 1.82) is 0 Å². The van der Waals surface area contributed by atoms with Crippen molar-refractivity contribution in [1.82, 2.24) is 4.90 Å². The van der Waals surface area contributed by atoms with Gasteiger partial charge >= 0.3 is 5.97 Å². The van der Waals surface area contributed by atoms with E-state index in [4.69, 9.17) is 5.11 Å². The summed E-state index contributed by atoms with van der Waals surface area (Å²) in [6.45, 7) is 0.683. The number of aliphatic carboxylic acids is 1. The minimum Gasteiger partial charge on any atom is -0.481 e. The summed E-state index contributed by atoms with van der Waals surface area (Å²) in [5, 5.41) is 18.9. The minimum absolute atomic E-state index is 0.0249. The van der Waals surface area contributed by atoms with Gasteiger partial charge in [0.2, 0.25) is 0 Å². The Hall–Kier alpha value is -1.79. The molecule has 1 heterocycles. The molecule has 0 bridgehead atoms. The third-order valence-corrected chi connectivity index (χ3v) is 5.38. The van der Waals surface area contributed by atoms with Crippen LogP contribution in [0, 0.1) is 0 Å². The highest BCUT2D eigenvalue weighted by molar-refractivity contribution is 8.13. The molecule has 2 N–H and O–H groups in total. The zero-order chi connectivity index (χ0) is 18.8. The Bertz CT molecular complexity index is 605. The van der Waals surface area contributed by atoms with Crippen molar-refractivity contribution in [3.8, 4) is 0 Å². The van der Waals surface area contributed by atoms with Crippen LogP contribution in [0.4, 0.5) is 4.79 Å². The molecule has 1 aliphatic heterocycles. The molecule has 1 fully saturated rings. The lowest BCUT2D eigenvalue weighted by atomic mass is 10.1. The van der Waals surface area contributed by atoms with E-state index in [2.05, 4.69) is 0 Å². The van der Waals surface area contributed by atoms with Crippen molar-refractivity contribution in [2.45, 2.75) is 50.7 Å². The van der Waals surface area contributed by atoms with Gasteiger partial charge in [-0.3, -0.25) is 9.59 Å². The molecule has 142 valence electrons. The number of thioether (sulfide) groups is 1. The van der Waals surface area contributed by atoms with Crippen LogP contribution in [0.2, 0.25) is 0 Å². The van der Waals surface area contributed by atoms with Gasteiger partial charge in [0, 0.05) is 25.1 Å². The summed E-state index contributed by atoms with van der Waals surface area (Å²) in [5.41, 5.74) is 1.08. The molecule has 0 spiro atoms. The second kappa shape index (κ2) is 11.0. The molecule has 2 atom stereocenters. The molecule has 0 saturated carbocycles. The number of aliphatic hydroxyl groups is 1. The van der Waals surface area contributed by atoms with Gasteiger partial charge in [-0.15, -0.1) is 0 Å². The third-order valence-electron chi connectivity index (χ3n) is 4.40. The van der Waals surface area contributed by atoms with Crippen LogP contribution in [-0.4, -0.2) is 50.8 Å². The topological polar surface area (TPSA) is 77.8 Å². The molecule has 5 nitrogen and oxygen atoms in total. The number of aliphatic hydroxyl groups excluding tert-OH is 1. The van der Waals surface area contributed by atoms with Crippen molar-refractivity contribution in [2.75, 3.05) is 12.3 Å². The van der Waals surface area contributed by atoms with Crippen LogP contribution in [0.15, 0.2) is 42.5 Å². The van der Waals surface area contributed by atoms with Crippen molar-refractivity contribution in [2.24, 2.45) is 0 Å². The summed E-state index contributed by atoms with van der Waals surface area (Å²) in [6.07, 6.45) is 7.31. The van der Waals surface area contributed by atoms with Crippen molar-refractivity contribution >= 4 is 23.0 Å². The fourth-order valence-electron chi connectivity index (χ4n) is 2.97. The van der Waals surface area contributed by atoms with E-state index in [1.807, 2.05) is 41.3 Å². The number of amides is 1. The van der Waals surface area contributed by atoms with E-state index in [1.54, 1.807) is 6.08 Å². The van der Waals surface area contributed by atoms with Crippen LogP contribution in [-0.2, 0) is 11.2 Å². The first kappa shape index (κ1) is 20.5. The standard InChI is InChI=1S/C20H27NO4S/c22-18(14-16-8-4-3-5-9-16)12-11-17-15-26-20(25)21(17)13-7-2-1-6-10-19(23)24/h3-5,8-9,11-12,17-18,22H,1-2,6-7,10,13-15H2,(H,23,24). The van der Waals surface area contributed by atoms with Crippen LogP contribution >= 0.6 is 11.8 Å². The molecule has 0 aromatic heterocycles. The monoisotopic (exact) mass is 377 g/mol. The van der Waals surface area contributed by atoms with Gasteiger partial charge in [-0.05, 0) is 18.4 Å². The Balaban J connectivity index is 1.74. The Morgan fingerprint density at radius 2 is 1.96 bits per heavy atom. The van der Waals surface area contributed by atoms with E-state index in [9.17, 15) is 14.7 Å². The number of carbonyl (C=O) groups is 2. The molecule has 6 heteroatoms. The number of hydrogen-bond acceptors (Lipinski definition) is 4. The number of unbranched alkanes of at least 4 members (excludes halogenated alkanes) is 3. The Morgan fingerprint density at radius 1 is 1.23 bits per heavy atom. The lowest BCUT2D eigenvalue weighted by Crippen LogP contribution is -2.33. The normalized spacial score (nSPS) is 18.6. The summed E-state index contributed by atoms with van der Waals surface area (Å²) in [5.74, 6) is -0.0396. The van der Waals surface area contributed by atoms with E-state index >= 15 is 0 Å². The van der Waals surface area contributed by atoms with Gasteiger partial charge in [0.15, 0.2) is 0 Å². The fourth-order valence-corrected chi connectivity index (χ4v) is 3.97. The minimum atomic E-state index is -0.754. The largest absolute Gasteiger partial charge is 0.481 e. The molecule has 1 amide bonds. The summed E-state index contributed by atoms with van der Waals surface area (Å²) in [6, 6.07) is 9.86. The Morgan fingerprint density at radius 3 is 2.69 bits per heavy atom. The number of hydrogen-bond donors (Lipinski definition) is 2. The predicted molar refractivity (Wildman–Crippen MR) is 104 cm³/mol. The predicted octanol–water partition coefficient (Wildman–Crippen LogP) is 3.72. The van der Waals surface area contributed by atoms with Crippen molar-refractivity contribution in [3.63, 3.8) is 0 Å². The zero-order valence-corrected chi connectivity index (χ0v) is 15.7. The smallest absolute Gasteiger partial charge is 0.303 e. The Kier molecular flexibility index (Phi) is 8.71. The fraction of sp³-hybridized carbons (Fsp3) is 0.500. The molecule has 0 aliphatic carbocycles. The molecule has 2 unspecified atom stereocenters. The quantitative estimate of drug-likeness (QED) is 0.454. The van der Waals surface area contributed by atoms with Crippen LogP contribution in [0.3, 0.4) is 0 Å². The van der Waals surface area contributed by atoms with Gasteiger partial charge in [0.05, 0.1) is 12.1 Å². The molecule has 1 aliphatic rings. The molecule has 26 heavy (non-hydrogen) atoms. The maximum Gasteiger partial charge on any atom is 0.303 e. The SMILES string of the molecule is O=C(O)CCCCCCN1C(=O)SCC1C=CC(O)Cc1ccccc1. The number of carboxylic acid groups (broad SMARTS) is 1. The van der Waals surface area contributed by atoms with Gasteiger partial charge in [0.25, 0.3) is 5.24 Å². The van der Waals surface area contributed by atoms with E-state index in [0.717, 1.165) is 24.8 Å². The first-order chi connectivity index (χ1) is 12.6. The first-order valence-corrected chi connectivity index (χ1v) is 10.1. The van der Waals surface area contributed by atoms with E-state index < -0.39 is 12.1 Å². The maximum absolute atomic E-state index is 12.0. The average Bonchev–Trinajstić information content (AvgIpc) is 2.97. The van der Waals surface area contributed by atoms with E-state index in [1.165, 1.54) is 11.8 Å². The Labute approximate surface area is 159 Å². The molecule has 0 radical (unpaired) electrons. The number of carbonyl (C=O) groups excluding carboxylic acids is 1. The summed E-state index contributed by atoms with van der Waals surface area (Å²) in [4.78, 5) is 24.4. The highest BCUT2D eigenvalue weighted by atomic mass is 32.2. The van der Waals surface area contributed by atoms with Crippen LogP contribution < -0.4 is 0 Å². The van der Waals surface area contributed by atoms with Gasteiger partial charge in [-0.2, -0.15) is 0 Å². The van der Waals surface area contributed by atoms with Gasteiger partial charge in [-0.1, -0.05) is 67.1 Å². The molecule has 1 aromatic rings. The van der Waals surface area contributed by atoms with Crippen LogP contribution in [0.5, 0.6) is 0 Å². The average molecular weight is 378 g/mol. The first-order valence-electron chi connectivity index (χ1n) is 9.12. The van der Waals surface area contributed by atoms with Gasteiger partial charge < -0.3 is 15.1 Å². The lowest BCUT2D eigenvalue weighted by molar-refractivity contribution is -0.137. The number of benzene rings is 1. The number of nitrogens with zero attached hydrogens (tertiary/aromatic N) is 1. The highest BCUT2D eigenvalue weighted by Gasteiger charge is 2.29. The maximum atomic E-state index is 12.0. The highest BCUT2D eigenvalue weighted by Crippen LogP contribution is 2.25. The van der Waals surface area contributed by atoms with Crippen molar-refractivity contribution in [3.05, 3.63) is 48.0 Å². The van der Waals surface area contributed by atoms with E-state index in [0.29, 0.717) is 25.1 Å². The summed E-state index contributed by atoms with van der Waals surface area (Å²) in [7, 11) is 0. The molecule has 1 saturated heterocycles. The number of carboxylic acids is 1. The van der Waals surface area contributed by atoms with Crippen LogP contribution in [0.25, 0.3) is 0 Å². The van der Waals surface area contributed by atoms with Crippen LogP contribution in [0.1, 0.15) is 37.7 Å². The summed E-state index contributed by atoms with van der Waals surface area (Å²) >= 11 is 1.32. The lowest BCUT2D eigenvalue weighted by Gasteiger charge is -2.21. The third kappa shape index (κ3) is 7.22. The second-order valence-electron chi connectivity index (χ2n) is 6.54. The zero-order valence-electron chi connectivity index (χ0n) is 14.9. The molecular formula is C20H27NO4S. The van der Waals surface area contributed by atoms with E-state index in [-0.39, 0.29) is 17.7 Å². The number of rotatable bonds is 11. The molecule has 2 rings (SSSR count). The van der Waals surface area contributed by atoms with Crippen molar-refractivity contribution < 1.29 is 19.8 Å². The molecule has 1 aromatic carbocycles. The molecular weight excluding hydrogens is 350 g/mol.